The van der Waals surface area contributed by atoms with E-state index in [2.05, 4.69) is 5.32 Å². The van der Waals surface area contributed by atoms with Gasteiger partial charge in [-0.2, -0.15) is 0 Å². The van der Waals surface area contributed by atoms with Gasteiger partial charge in [-0.05, 0) is 11.1 Å². The molecule has 2 N–H and O–H groups in total. The predicted molar refractivity (Wildman–Crippen MR) is 93.4 cm³/mol. The zero-order valence-corrected chi connectivity index (χ0v) is 14.2. The van der Waals surface area contributed by atoms with Crippen LogP contribution in [0.3, 0.4) is 0 Å². The topological polar surface area (TPSA) is 66.4 Å². The number of ketones is 1. The van der Waals surface area contributed by atoms with Gasteiger partial charge in [-0.1, -0.05) is 81.4 Å². The Bertz CT molecular complexity index is 663. The summed E-state index contributed by atoms with van der Waals surface area (Å²) in [6.07, 6.45) is 0. The Kier molecular flexibility index (Phi) is 5.20. The number of rotatable bonds is 5. The van der Waals surface area contributed by atoms with Crippen molar-refractivity contribution in [2.24, 2.45) is 5.41 Å². The van der Waals surface area contributed by atoms with Crippen LogP contribution in [-0.2, 0) is 15.2 Å². The number of amides is 1. The first-order valence-corrected chi connectivity index (χ1v) is 7.91. The van der Waals surface area contributed by atoms with Crippen LogP contribution in [0.2, 0.25) is 0 Å². The van der Waals surface area contributed by atoms with Crippen LogP contribution in [0.4, 0.5) is 0 Å². The van der Waals surface area contributed by atoms with E-state index >= 15 is 0 Å². The lowest BCUT2D eigenvalue weighted by molar-refractivity contribution is -0.139. The van der Waals surface area contributed by atoms with Gasteiger partial charge in [0.1, 0.15) is 0 Å². The van der Waals surface area contributed by atoms with Crippen molar-refractivity contribution >= 4 is 11.7 Å². The van der Waals surface area contributed by atoms with Gasteiger partial charge in [0.25, 0.3) is 5.91 Å². The molecule has 0 saturated heterocycles. The zero-order chi connectivity index (χ0) is 17.8. The van der Waals surface area contributed by atoms with Gasteiger partial charge in [0, 0.05) is 5.41 Å². The minimum absolute atomic E-state index is 0.0978. The molecule has 0 heterocycles. The molecule has 4 heteroatoms. The third-order valence-electron chi connectivity index (χ3n) is 3.96. The summed E-state index contributed by atoms with van der Waals surface area (Å²) >= 11 is 0. The normalized spacial score (nSPS) is 11.8. The van der Waals surface area contributed by atoms with E-state index in [1.807, 2.05) is 12.1 Å². The molecule has 2 aromatic carbocycles. The highest BCUT2D eigenvalue weighted by Crippen LogP contribution is 2.29. The van der Waals surface area contributed by atoms with Crippen molar-refractivity contribution in [2.75, 3.05) is 6.54 Å². The van der Waals surface area contributed by atoms with Crippen LogP contribution in [0.1, 0.15) is 31.9 Å². The van der Waals surface area contributed by atoms with E-state index in [1.54, 1.807) is 69.3 Å². The lowest BCUT2D eigenvalue weighted by Gasteiger charge is -2.28. The van der Waals surface area contributed by atoms with Gasteiger partial charge in [-0.3, -0.25) is 9.59 Å². The van der Waals surface area contributed by atoms with Crippen LogP contribution in [0, 0.1) is 5.41 Å². The van der Waals surface area contributed by atoms with E-state index in [9.17, 15) is 14.7 Å². The Morgan fingerprint density at radius 3 is 1.67 bits per heavy atom. The third-order valence-corrected chi connectivity index (χ3v) is 3.96. The largest absolute Gasteiger partial charge is 0.372 e. The Hall–Kier alpha value is -2.46. The second-order valence-corrected chi connectivity index (χ2v) is 6.80. The minimum atomic E-state index is -1.85. The summed E-state index contributed by atoms with van der Waals surface area (Å²) in [5.41, 5.74) is -1.49. The second-order valence-electron chi connectivity index (χ2n) is 6.80. The lowest BCUT2D eigenvalue weighted by atomic mass is 9.85. The average Bonchev–Trinajstić information content (AvgIpc) is 2.59. The van der Waals surface area contributed by atoms with Crippen LogP contribution in [0.25, 0.3) is 0 Å². The van der Waals surface area contributed by atoms with E-state index in [0.29, 0.717) is 11.1 Å². The molecule has 0 atom stereocenters. The summed E-state index contributed by atoms with van der Waals surface area (Å²) in [6, 6.07) is 17.4. The van der Waals surface area contributed by atoms with E-state index < -0.39 is 16.9 Å². The molecule has 2 aromatic rings. The standard InChI is InChI=1S/C20H23NO3/c1-19(2,3)17(22)14-21-18(23)20(24,15-10-6-4-7-11-15)16-12-8-5-9-13-16/h4-13,24H,14H2,1-3H3,(H,21,23). The van der Waals surface area contributed by atoms with Crippen molar-refractivity contribution in [3.63, 3.8) is 0 Å². The summed E-state index contributed by atoms with van der Waals surface area (Å²) in [4.78, 5) is 24.9. The molecule has 0 radical (unpaired) electrons. The van der Waals surface area contributed by atoms with Crippen molar-refractivity contribution in [3.8, 4) is 0 Å². The average molecular weight is 325 g/mol. The number of nitrogens with one attached hydrogen (secondary N) is 1. The highest BCUT2D eigenvalue weighted by Gasteiger charge is 2.40. The zero-order valence-electron chi connectivity index (χ0n) is 14.2. The number of carbonyl (C=O) groups excluding carboxylic acids is 2. The van der Waals surface area contributed by atoms with Gasteiger partial charge in [-0.15, -0.1) is 0 Å². The summed E-state index contributed by atoms with van der Waals surface area (Å²) in [6.45, 7) is 5.26. The Balaban J connectivity index is 2.34. The first-order valence-electron chi connectivity index (χ1n) is 7.91. The number of hydrogen-bond acceptors (Lipinski definition) is 3. The Morgan fingerprint density at radius 2 is 1.29 bits per heavy atom. The first kappa shape index (κ1) is 17.9. The smallest absolute Gasteiger partial charge is 0.261 e. The third kappa shape index (κ3) is 3.71. The van der Waals surface area contributed by atoms with Gasteiger partial charge in [0.2, 0.25) is 0 Å². The van der Waals surface area contributed by atoms with Crippen LogP contribution in [0.15, 0.2) is 60.7 Å². The molecule has 126 valence electrons. The molecule has 0 aliphatic heterocycles. The molecular formula is C20H23NO3. The quantitative estimate of drug-likeness (QED) is 0.888. The molecule has 0 saturated carbocycles. The molecule has 1 amide bonds. The maximum absolute atomic E-state index is 12.8. The van der Waals surface area contributed by atoms with E-state index in [4.69, 9.17) is 0 Å². The van der Waals surface area contributed by atoms with Crippen LogP contribution in [-0.4, -0.2) is 23.3 Å². The SMILES string of the molecule is CC(C)(C)C(=O)CNC(=O)C(O)(c1ccccc1)c1ccccc1. The van der Waals surface area contributed by atoms with Crippen molar-refractivity contribution in [1.82, 2.24) is 5.32 Å². The van der Waals surface area contributed by atoms with Gasteiger partial charge >= 0.3 is 0 Å². The molecule has 0 spiro atoms. The maximum Gasteiger partial charge on any atom is 0.261 e. The number of Topliss-reactive ketones (excluding diaryl/α,β-unsaturated/α-hetero) is 1. The van der Waals surface area contributed by atoms with Crippen molar-refractivity contribution in [2.45, 2.75) is 26.4 Å². The molecule has 0 aliphatic carbocycles. The molecular weight excluding hydrogens is 302 g/mol. The fourth-order valence-corrected chi connectivity index (χ4v) is 2.34. The fourth-order valence-electron chi connectivity index (χ4n) is 2.34. The van der Waals surface area contributed by atoms with Crippen molar-refractivity contribution < 1.29 is 14.7 Å². The van der Waals surface area contributed by atoms with Crippen molar-refractivity contribution in [3.05, 3.63) is 71.8 Å². The van der Waals surface area contributed by atoms with Crippen LogP contribution >= 0.6 is 0 Å². The van der Waals surface area contributed by atoms with Gasteiger partial charge in [0.15, 0.2) is 11.4 Å². The molecule has 4 nitrogen and oxygen atoms in total. The monoisotopic (exact) mass is 325 g/mol. The first-order chi connectivity index (χ1) is 11.3. The Labute approximate surface area is 142 Å². The van der Waals surface area contributed by atoms with E-state index in [-0.39, 0.29) is 12.3 Å². The summed E-state index contributed by atoms with van der Waals surface area (Å²) in [5.74, 6) is -0.711. The highest BCUT2D eigenvalue weighted by molar-refractivity contribution is 5.94. The van der Waals surface area contributed by atoms with Crippen LogP contribution < -0.4 is 5.32 Å². The summed E-state index contributed by atoms with van der Waals surface area (Å²) in [7, 11) is 0. The maximum atomic E-state index is 12.8. The van der Waals surface area contributed by atoms with Crippen molar-refractivity contribution in [1.29, 1.82) is 0 Å². The number of benzene rings is 2. The predicted octanol–water partition coefficient (Wildman–Crippen LogP) is 2.65. The van der Waals surface area contributed by atoms with Crippen LogP contribution in [0.5, 0.6) is 0 Å². The molecule has 0 unspecified atom stereocenters. The van der Waals surface area contributed by atoms with E-state index in [0.717, 1.165) is 0 Å². The molecule has 2 rings (SSSR count). The van der Waals surface area contributed by atoms with E-state index in [1.165, 1.54) is 0 Å². The lowest BCUT2D eigenvalue weighted by Crippen LogP contribution is -2.48. The Morgan fingerprint density at radius 1 is 0.875 bits per heavy atom. The van der Waals surface area contributed by atoms with Gasteiger partial charge < -0.3 is 10.4 Å². The summed E-state index contributed by atoms with van der Waals surface area (Å²) < 4.78 is 0. The molecule has 0 bridgehead atoms. The number of aliphatic hydroxyl groups is 1. The fraction of sp³-hybridized carbons (Fsp3) is 0.300. The van der Waals surface area contributed by atoms with Gasteiger partial charge in [-0.25, -0.2) is 0 Å². The second kappa shape index (κ2) is 6.97. The molecule has 24 heavy (non-hydrogen) atoms. The highest BCUT2D eigenvalue weighted by atomic mass is 16.3. The molecule has 0 aliphatic rings. The van der Waals surface area contributed by atoms with Gasteiger partial charge in [0.05, 0.1) is 6.54 Å². The number of hydrogen-bond donors (Lipinski definition) is 2. The number of carbonyl (C=O) groups is 2. The minimum Gasteiger partial charge on any atom is -0.372 e. The molecule has 0 aromatic heterocycles. The summed E-state index contributed by atoms with van der Waals surface area (Å²) in [5, 5.41) is 13.8. The molecule has 0 fully saturated rings.